The van der Waals surface area contributed by atoms with Gasteiger partial charge in [0.25, 0.3) is 0 Å². The molecule has 5 nitrogen and oxygen atoms in total. The van der Waals surface area contributed by atoms with Crippen LogP contribution in [0, 0.1) is 0 Å². The smallest absolute Gasteiger partial charge is 0.228 e. The molecule has 0 amide bonds. The van der Waals surface area contributed by atoms with Crippen molar-refractivity contribution in [1.29, 1.82) is 0 Å². The predicted octanol–water partition coefficient (Wildman–Crippen LogP) is 0.762. The lowest BCUT2D eigenvalue weighted by Gasteiger charge is -2.29. The van der Waals surface area contributed by atoms with E-state index in [0.29, 0.717) is 0 Å². The number of hydrogen-bond acceptors (Lipinski definition) is 4. The van der Waals surface area contributed by atoms with E-state index in [1.165, 1.54) is 6.33 Å². The van der Waals surface area contributed by atoms with Gasteiger partial charge in [0.15, 0.2) is 0 Å². The van der Waals surface area contributed by atoms with E-state index in [9.17, 15) is 4.79 Å². The van der Waals surface area contributed by atoms with Gasteiger partial charge in [-0.15, -0.1) is 0 Å². The topological polar surface area (TPSA) is 51.0 Å². The molecule has 0 saturated carbocycles. The number of carbonyl (C=O) groups is 1. The summed E-state index contributed by atoms with van der Waals surface area (Å²) in [7, 11) is 1.88. The van der Waals surface area contributed by atoms with Gasteiger partial charge >= 0.3 is 0 Å². The molecule has 1 atom stereocenters. The van der Waals surface area contributed by atoms with Crippen molar-refractivity contribution < 1.29 is 4.79 Å². The van der Waals surface area contributed by atoms with Gasteiger partial charge < -0.3 is 4.90 Å². The summed E-state index contributed by atoms with van der Waals surface area (Å²) in [4.78, 5) is 16.9. The zero-order valence-corrected chi connectivity index (χ0v) is 8.43. The number of rotatable bonds is 1. The number of allylic oxidation sites excluding steroid dienone is 2. The Balaban J connectivity index is 2.59. The lowest BCUT2D eigenvalue weighted by Crippen LogP contribution is -2.30. The Bertz CT molecular complexity index is 407. The third-order valence-electron chi connectivity index (χ3n) is 2.72. The number of aldehydes is 1. The summed E-state index contributed by atoms with van der Waals surface area (Å²) >= 11 is 0. The normalized spacial score (nSPS) is 21.1. The fraction of sp³-hybridized carbons (Fsp3) is 0.444. The highest BCUT2D eigenvalue weighted by Gasteiger charge is 2.26. The zero-order chi connectivity index (χ0) is 10.3. The van der Waals surface area contributed by atoms with E-state index in [1.54, 1.807) is 4.68 Å². The monoisotopic (exact) mass is 192 g/mol. The van der Waals surface area contributed by atoms with Gasteiger partial charge in [-0.3, -0.25) is 4.79 Å². The Hall–Kier alpha value is -1.65. The van der Waals surface area contributed by atoms with Crippen LogP contribution in [-0.2, 0) is 4.79 Å². The van der Waals surface area contributed by atoms with Gasteiger partial charge in [0.2, 0.25) is 5.95 Å². The Morgan fingerprint density at radius 1 is 1.57 bits per heavy atom. The molecule has 0 fully saturated rings. The van der Waals surface area contributed by atoms with Gasteiger partial charge in [0.05, 0.1) is 6.04 Å². The van der Waals surface area contributed by atoms with E-state index in [2.05, 4.69) is 10.1 Å². The molecule has 0 aromatic carbocycles. The van der Waals surface area contributed by atoms with Crippen molar-refractivity contribution in [3.8, 4) is 0 Å². The van der Waals surface area contributed by atoms with Crippen LogP contribution in [0.25, 0.3) is 0 Å². The van der Waals surface area contributed by atoms with E-state index < -0.39 is 0 Å². The molecular weight excluding hydrogens is 180 g/mol. The van der Waals surface area contributed by atoms with Gasteiger partial charge in [0.1, 0.15) is 12.6 Å². The summed E-state index contributed by atoms with van der Waals surface area (Å²) in [6.45, 7) is 3.86. The molecule has 1 unspecified atom stereocenters. The maximum atomic E-state index is 10.9. The Kier molecular flexibility index (Phi) is 1.87. The highest BCUT2D eigenvalue weighted by Crippen LogP contribution is 2.30. The molecule has 2 rings (SSSR count). The molecule has 0 N–H and O–H groups in total. The number of fused-ring (bicyclic) bond motifs is 1. The maximum absolute atomic E-state index is 10.9. The molecule has 0 spiro atoms. The van der Waals surface area contributed by atoms with Gasteiger partial charge in [-0.05, 0) is 13.8 Å². The van der Waals surface area contributed by atoms with Crippen molar-refractivity contribution in [3.63, 3.8) is 0 Å². The largest absolute Gasteiger partial charge is 0.317 e. The minimum Gasteiger partial charge on any atom is -0.317 e. The quantitative estimate of drug-likeness (QED) is 0.616. The minimum absolute atomic E-state index is 0.0267. The van der Waals surface area contributed by atoms with Crippen LogP contribution >= 0.6 is 0 Å². The van der Waals surface area contributed by atoms with Crippen LogP contribution in [0.15, 0.2) is 17.6 Å². The van der Waals surface area contributed by atoms with Crippen LogP contribution in [0.3, 0.4) is 0 Å². The molecule has 1 aliphatic rings. The van der Waals surface area contributed by atoms with Crippen molar-refractivity contribution in [2.24, 2.45) is 0 Å². The number of nitrogens with zero attached hydrogens (tertiary/aromatic N) is 4. The number of anilines is 1. The van der Waals surface area contributed by atoms with Gasteiger partial charge in [-0.2, -0.15) is 10.1 Å². The highest BCUT2D eigenvalue weighted by atomic mass is 16.1. The maximum Gasteiger partial charge on any atom is 0.228 e. The zero-order valence-electron chi connectivity index (χ0n) is 8.43. The molecule has 74 valence electrons. The third-order valence-corrected chi connectivity index (χ3v) is 2.72. The molecule has 0 radical (unpaired) electrons. The van der Waals surface area contributed by atoms with Crippen LogP contribution in [0.5, 0.6) is 0 Å². The molecule has 14 heavy (non-hydrogen) atoms. The Morgan fingerprint density at radius 3 is 2.93 bits per heavy atom. The molecular formula is C9H12N4O. The minimum atomic E-state index is -0.0267. The summed E-state index contributed by atoms with van der Waals surface area (Å²) in [5.41, 5.74) is 1.69. The fourth-order valence-electron chi connectivity index (χ4n) is 1.72. The van der Waals surface area contributed by atoms with E-state index in [0.717, 1.165) is 23.5 Å². The van der Waals surface area contributed by atoms with Crippen LogP contribution in [0.2, 0.25) is 0 Å². The first-order valence-corrected chi connectivity index (χ1v) is 4.46. The van der Waals surface area contributed by atoms with Gasteiger partial charge in [-0.1, -0.05) is 0 Å². The Labute approximate surface area is 82.0 Å². The molecule has 2 heterocycles. The van der Waals surface area contributed by atoms with Crippen molar-refractivity contribution in [3.05, 3.63) is 17.6 Å². The van der Waals surface area contributed by atoms with Crippen LogP contribution < -0.4 is 4.90 Å². The molecule has 5 heteroatoms. The van der Waals surface area contributed by atoms with Gasteiger partial charge in [0, 0.05) is 18.3 Å². The number of aromatic nitrogens is 3. The second-order valence-corrected chi connectivity index (χ2v) is 3.40. The molecule has 1 aromatic rings. The Morgan fingerprint density at radius 2 is 2.29 bits per heavy atom. The van der Waals surface area contributed by atoms with E-state index in [1.807, 2.05) is 25.8 Å². The fourth-order valence-corrected chi connectivity index (χ4v) is 1.72. The summed E-state index contributed by atoms with van der Waals surface area (Å²) in [5.74, 6) is 0.778. The summed E-state index contributed by atoms with van der Waals surface area (Å²) < 4.78 is 1.75. The molecule has 0 saturated heterocycles. The predicted molar refractivity (Wildman–Crippen MR) is 51.9 cm³/mol. The van der Waals surface area contributed by atoms with Crippen molar-refractivity contribution in [1.82, 2.24) is 14.8 Å². The van der Waals surface area contributed by atoms with Crippen molar-refractivity contribution >= 4 is 12.2 Å². The average molecular weight is 192 g/mol. The summed E-state index contributed by atoms with van der Waals surface area (Å²) in [5, 5.41) is 4.09. The molecule has 0 bridgehead atoms. The average Bonchev–Trinajstić information content (AvgIpc) is 2.64. The first kappa shape index (κ1) is 8.93. The first-order chi connectivity index (χ1) is 6.66. The lowest BCUT2D eigenvalue weighted by atomic mass is 10.1. The van der Waals surface area contributed by atoms with E-state index in [-0.39, 0.29) is 6.04 Å². The second-order valence-electron chi connectivity index (χ2n) is 3.40. The SMILES string of the molecule is CC1=C(C=O)C(C)n2ncnc2N1C. The van der Waals surface area contributed by atoms with Crippen LogP contribution in [0.4, 0.5) is 5.95 Å². The second kappa shape index (κ2) is 2.94. The van der Waals surface area contributed by atoms with Crippen LogP contribution in [0.1, 0.15) is 19.9 Å². The van der Waals surface area contributed by atoms with Crippen molar-refractivity contribution in [2.75, 3.05) is 11.9 Å². The standard InChI is InChI=1S/C9H12N4O/c1-6-8(4-14)7(2)13-9(12(6)3)10-5-11-13/h4-5,7H,1-3H3. The first-order valence-electron chi connectivity index (χ1n) is 4.46. The van der Waals surface area contributed by atoms with E-state index >= 15 is 0 Å². The molecule has 0 aliphatic carbocycles. The summed E-state index contributed by atoms with van der Waals surface area (Å²) in [6.07, 6.45) is 2.39. The number of hydrogen-bond donors (Lipinski definition) is 0. The molecule has 1 aromatic heterocycles. The van der Waals surface area contributed by atoms with Crippen molar-refractivity contribution in [2.45, 2.75) is 19.9 Å². The third kappa shape index (κ3) is 0.982. The lowest BCUT2D eigenvalue weighted by molar-refractivity contribution is -0.105. The van der Waals surface area contributed by atoms with Crippen LogP contribution in [-0.4, -0.2) is 28.1 Å². The summed E-state index contributed by atoms with van der Waals surface area (Å²) in [6, 6.07) is -0.0267. The molecule has 1 aliphatic heterocycles. The van der Waals surface area contributed by atoms with E-state index in [4.69, 9.17) is 0 Å². The number of carbonyl (C=O) groups excluding carboxylic acids is 1. The van der Waals surface area contributed by atoms with Gasteiger partial charge in [-0.25, -0.2) is 4.68 Å². The highest BCUT2D eigenvalue weighted by molar-refractivity contribution is 5.78.